The van der Waals surface area contributed by atoms with E-state index in [0.717, 1.165) is 0 Å². The smallest absolute Gasteiger partial charge is 0.251 e. The summed E-state index contributed by atoms with van der Waals surface area (Å²) in [7, 11) is 0. The highest BCUT2D eigenvalue weighted by molar-refractivity contribution is 7.98. The maximum atomic E-state index is 13.6. The first kappa shape index (κ1) is 17.1. The third-order valence-corrected chi connectivity index (χ3v) is 4.50. The lowest BCUT2D eigenvalue weighted by Gasteiger charge is -2.07. The maximum absolute atomic E-state index is 13.6. The van der Waals surface area contributed by atoms with E-state index in [0.29, 0.717) is 39.2 Å². The van der Waals surface area contributed by atoms with Gasteiger partial charge in [-0.2, -0.15) is 11.8 Å². The number of hydrogen-bond donors (Lipinski definition) is 1. The molecule has 0 aliphatic heterocycles. The van der Waals surface area contributed by atoms with E-state index in [1.807, 2.05) is 0 Å². The Hall–Kier alpha value is -1.23. The first-order valence-electron chi connectivity index (χ1n) is 6.62. The second-order valence-electron chi connectivity index (χ2n) is 4.52. The van der Waals surface area contributed by atoms with E-state index >= 15 is 0 Å². The Morgan fingerprint density at radius 1 is 1.18 bits per heavy atom. The van der Waals surface area contributed by atoms with E-state index in [4.69, 9.17) is 23.2 Å². The molecule has 2 rings (SSSR count). The van der Waals surface area contributed by atoms with E-state index in [2.05, 4.69) is 5.32 Å². The molecule has 2 nitrogen and oxygen atoms in total. The molecule has 0 unspecified atom stereocenters. The molecule has 2 aromatic rings. The summed E-state index contributed by atoms with van der Waals surface area (Å²) in [5.41, 5.74) is 1.02. The molecule has 0 aromatic heterocycles. The van der Waals surface area contributed by atoms with E-state index in [-0.39, 0.29) is 11.7 Å². The Bertz CT molecular complexity index is 646. The lowest BCUT2D eigenvalue weighted by molar-refractivity contribution is 0.0956. The minimum absolute atomic E-state index is 0.174. The number of thioether (sulfide) groups is 1. The van der Waals surface area contributed by atoms with Crippen LogP contribution < -0.4 is 5.32 Å². The van der Waals surface area contributed by atoms with Crippen molar-refractivity contribution >= 4 is 40.9 Å². The standard InChI is InChI=1S/C16H14Cl2FNOS/c17-12-4-1-3-11(9-12)16(21)20-7-8-22-10-13-14(18)5-2-6-15(13)19/h1-6,9H,7-8,10H2,(H,20,21). The topological polar surface area (TPSA) is 29.1 Å². The van der Waals surface area contributed by atoms with Crippen molar-refractivity contribution in [1.82, 2.24) is 5.32 Å². The molecule has 1 N–H and O–H groups in total. The van der Waals surface area contributed by atoms with Gasteiger partial charge in [-0.3, -0.25) is 4.79 Å². The summed E-state index contributed by atoms with van der Waals surface area (Å²) in [5.74, 6) is 0.658. The van der Waals surface area contributed by atoms with E-state index in [1.165, 1.54) is 17.8 Å². The van der Waals surface area contributed by atoms with Crippen LogP contribution in [0.1, 0.15) is 15.9 Å². The zero-order valence-electron chi connectivity index (χ0n) is 11.6. The van der Waals surface area contributed by atoms with Crippen LogP contribution in [0.5, 0.6) is 0 Å². The van der Waals surface area contributed by atoms with E-state index in [9.17, 15) is 9.18 Å². The molecule has 22 heavy (non-hydrogen) atoms. The molecule has 116 valence electrons. The fraction of sp³-hybridized carbons (Fsp3) is 0.188. The molecule has 0 saturated carbocycles. The van der Waals surface area contributed by atoms with Crippen LogP contribution >= 0.6 is 35.0 Å². The first-order chi connectivity index (χ1) is 10.6. The highest BCUT2D eigenvalue weighted by atomic mass is 35.5. The third-order valence-electron chi connectivity index (χ3n) is 2.93. The number of carbonyl (C=O) groups is 1. The predicted octanol–water partition coefficient (Wildman–Crippen LogP) is 4.80. The van der Waals surface area contributed by atoms with Crippen LogP contribution in [-0.2, 0) is 5.75 Å². The zero-order chi connectivity index (χ0) is 15.9. The third kappa shape index (κ3) is 4.90. The predicted molar refractivity (Wildman–Crippen MR) is 91.4 cm³/mol. The quantitative estimate of drug-likeness (QED) is 0.752. The van der Waals surface area contributed by atoms with Crippen molar-refractivity contribution in [3.63, 3.8) is 0 Å². The number of benzene rings is 2. The number of halogens is 3. The molecular weight excluding hydrogens is 344 g/mol. The van der Waals surface area contributed by atoms with Crippen molar-refractivity contribution < 1.29 is 9.18 Å². The van der Waals surface area contributed by atoms with Crippen molar-refractivity contribution in [2.45, 2.75) is 5.75 Å². The van der Waals surface area contributed by atoms with Gasteiger partial charge in [-0.15, -0.1) is 0 Å². The van der Waals surface area contributed by atoms with Crippen LogP contribution in [0.4, 0.5) is 4.39 Å². The van der Waals surface area contributed by atoms with Gasteiger partial charge in [0.05, 0.1) is 0 Å². The highest BCUT2D eigenvalue weighted by Crippen LogP contribution is 2.23. The molecule has 0 heterocycles. The van der Waals surface area contributed by atoms with Crippen LogP contribution in [0.2, 0.25) is 10.0 Å². The molecule has 0 aliphatic carbocycles. The van der Waals surface area contributed by atoms with Gasteiger partial charge in [0.1, 0.15) is 5.82 Å². The van der Waals surface area contributed by atoms with Crippen molar-refractivity contribution in [2.75, 3.05) is 12.3 Å². The van der Waals surface area contributed by atoms with Crippen LogP contribution in [-0.4, -0.2) is 18.2 Å². The summed E-state index contributed by atoms with van der Waals surface area (Å²) in [5, 5.41) is 3.75. The molecule has 0 atom stereocenters. The fourth-order valence-electron chi connectivity index (χ4n) is 1.81. The molecule has 1 amide bonds. The van der Waals surface area contributed by atoms with E-state index < -0.39 is 0 Å². The SMILES string of the molecule is O=C(NCCSCc1c(F)cccc1Cl)c1cccc(Cl)c1. The second kappa shape index (κ2) is 8.42. The van der Waals surface area contributed by atoms with Gasteiger partial charge in [0, 0.05) is 39.2 Å². The largest absolute Gasteiger partial charge is 0.351 e. The zero-order valence-corrected chi connectivity index (χ0v) is 13.9. The lowest BCUT2D eigenvalue weighted by Crippen LogP contribution is -2.25. The fourth-order valence-corrected chi connectivity index (χ4v) is 3.20. The monoisotopic (exact) mass is 357 g/mol. The molecule has 6 heteroatoms. The maximum Gasteiger partial charge on any atom is 0.251 e. The molecule has 0 spiro atoms. The van der Waals surface area contributed by atoms with Crippen LogP contribution in [0.3, 0.4) is 0 Å². The van der Waals surface area contributed by atoms with Crippen molar-refractivity contribution in [3.8, 4) is 0 Å². The number of amides is 1. The van der Waals surface area contributed by atoms with Gasteiger partial charge in [0.2, 0.25) is 0 Å². The van der Waals surface area contributed by atoms with Gasteiger partial charge >= 0.3 is 0 Å². The van der Waals surface area contributed by atoms with Gasteiger partial charge in [0.25, 0.3) is 5.91 Å². The Balaban J connectivity index is 1.75. The summed E-state index contributed by atoms with van der Waals surface area (Å²) in [6, 6.07) is 11.4. The van der Waals surface area contributed by atoms with Gasteiger partial charge < -0.3 is 5.32 Å². The number of rotatable bonds is 6. The lowest BCUT2D eigenvalue weighted by atomic mass is 10.2. The van der Waals surface area contributed by atoms with Crippen LogP contribution in [0.25, 0.3) is 0 Å². The Labute approximate surface area is 143 Å². The van der Waals surface area contributed by atoms with Crippen molar-refractivity contribution in [1.29, 1.82) is 0 Å². The van der Waals surface area contributed by atoms with Crippen LogP contribution in [0, 0.1) is 5.82 Å². The van der Waals surface area contributed by atoms with Crippen molar-refractivity contribution in [2.24, 2.45) is 0 Å². The Kier molecular flexibility index (Phi) is 6.55. The minimum Gasteiger partial charge on any atom is -0.351 e. The molecule has 0 radical (unpaired) electrons. The van der Waals surface area contributed by atoms with Gasteiger partial charge in [-0.25, -0.2) is 4.39 Å². The van der Waals surface area contributed by atoms with Gasteiger partial charge in [-0.1, -0.05) is 35.3 Å². The minimum atomic E-state index is -0.303. The number of carbonyl (C=O) groups excluding carboxylic acids is 1. The second-order valence-corrected chi connectivity index (χ2v) is 6.47. The molecule has 0 saturated heterocycles. The summed E-state index contributed by atoms with van der Waals surface area (Å²) in [4.78, 5) is 11.9. The van der Waals surface area contributed by atoms with Crippen molar-refractivity contribution in [3.05, 3.63) is 69.5 Å². The normalized spacial score (nSPS) is 10.5. The van der Waals surface area contributed by atoms with Crippen LogP contribution in [0.15, 0.2) is 42.5 Å². The number of hydrogen-bond acceptors (Lipinski definition) is 2. The van der Waals surface area contributed by atoms with E-state index in [1.54, 1.807) is 36.4 Å². The summed E-state index contributed by atoms with van der Waals surface area (Å²) < 4.78 is 13.6. The summed E-state index contributed by atoms with van der Waals surface area (Å²) in [6.07, 6.45) is 0. The molecule has 2 aromatic carbocycles. The first-order valence-corrected chi connectivity index (χ1v) is 8.53. The van der Waals surface area contributed by atoms with Gasteiger partial charge in [-0.05, 0) is 30.3 Å². The Morgan fingerprint density at radius 3 is 2.68 bits per heavy atom. The average Bonchev–Trinajstić information content (AvgIpc) is 2.49. The summed E-state index contributed by atoms with van der Waals surface area (Å²) >= 11 is 13.3. The molecule has 0 fully saturated rings. The molecule has 0 aliphatic rings. The highest BCUT2D eigenvalue weighted by Gasteiger charge is 2.07. The average molecular weight is 358 g/mol. The number of nitrogens with one attached hydrogen (secondary N) is 1. The molecule has 0 bridgehead atoms. The summed E-state index contributed by atoms with van der Waals surface area (Å²) in [6.45, 7) is 0.488. The Morgan fingerprint density at radius 2 is 1.95 bits per heavy atom. The molecular formula is C16H14Cl2FNOS. The van der Waals surface area contributed by atoms with Gasteiger partial charge in [0.15, 0.2) is 0 Å².